The third kappa shape index (κ3) is 3.75. The Hall–Kier alpha value is -2.36. The highest BCUT2D eigenvalue weighted by Gasteiger charge is 2.44. The Labute approximate surface area is 179 Å². The summed E-state index contributed by atoms with van der Waals surface area (Å²) in [6, 6.07) is 9.63. The zero-order valence-electron chi connectivity index (χ0n) is 16.9. The van der Waals surface area contributed by atoms with Gasteiger partial charge in [0, 0.05) is 12.8 Å². The first-order valence-electron chi connectivity index (χ1n) is 10.5. The second kappa shape index (κ2) is 8.29. The van der Waals surface area contributed by atoms with E-state index in [4.69, 9.17) is 18.9 Å². The van der Waals surface area contributed by atoms with E-state index < -0.39 is 37.1 Å². The molecule has 0 saturated carbocycles. The molecule has 5 rings (SSSR count). The molecule has 3 aliphatic heterocycles. The molecule has 0 amide bonds. The van der Waals surface area contributed by atoms with Crippen LogP contribution >= 0.6 is 0 Å². The zero-order valence-corrected chi connectivity index (χ0v) is 16.9. The highest BCUT2D eigenvalue weighted by Crippen LogP contribution is 2.39. The first-order chi connectivity index (χ1) is 15.0. The maximum atomic E-state index is 10.6. The topological polar surface area (TPSA) is 118 Å². The summed E-state index contributed by atoms with van der Waals surface area (Å²) >= 11 is 0. The second-order valence-electron chi connectivity index (χ2n) is 8.17. The Kier molecular flexibility index (Phi) is 5.49. The van der Waals surface area contributed by atoms with Gasteiger partial charge in [0.1, 0.15) is 49.5 Å². The number of rotatable bonds is 4. The van der Waals surface area contributed by atoms with Gasteiger partial charge in [-0.25, -0.2) is 0 Å². The van der Waals surface area contributed by atoms with Crippen LogP contribution < -0.4 is 14.2 Å². The molecule has 3 heterocycles. The quantitative estimate of drug-likeness (QED) is 0.554. The molecule has 8 heteroatoms. The summed E-state index contributed by atoms with van der Waals surface area (Å²) in [4.78, 5) is 0. The van der Waals surface area contributed by atoms with Crippen molar-refractivity contribution in [1.29, 1.82) is 0 Å². The first kappa shape index (κ1) is 20.5. The fourth-order valence-electron chi connectivity index (χ4n) is 4.51. The molecule has 2 aromatic rings. The third-order valence-electron chi connectivity index (χ3n) is 6.10. The molecular weight excluding hydrogens is 404 g/mol. The van der Waals surface area contributed by atoms with Crippen LogP contribution in [0.1, 0.15) is 28.4 Å². The van der Waals surface area contributed by atoms with Crippen molar-refractivity contribution in [1.82, 2.24) is 0 Å². The summed E-state index contributed by atoms with van der Waals surface area (Å²) in [6.45, 7) is 1.16. The van der Waals surface area contributed by atoms with Gasteiger partial charge < -0.3 is 39.4 Å². The van der Waals surface area contributed by atoms with Crippen molar-refractivity contribution in [3.8, 4) is 17.2 Å². The smallest absolute Gasteiger partial charge is 0.161 e. The van der Waals surface area contributed by atoms with E-state index in [0.717, 1.165) is 34.6 Å². The number of ether oxygens (including phenoxy) is 4. The molecule has 8 nitrogen and oxygen atoms in total. The van der Waals surface area contributed by atoms with Crippen molar-refractivity contribution >= 4 is 0 Å². The van der Waals surface area contributed by atoms with Crippen molar-refractivity contribution in [2.24, 2.45) is 0 Å². The maximum absolute atomic E-state index is 10.6. The Morgan fingerprint density at radius 2 is 1.65 bits per heavy atom. The average molecular weight is 430 g/mol. The van der Waals surface area contributed by atoms with Crippen molar-refractivity contribution in [3.05, 3.63) is 52.6 Å². The van der Waals surface area contributed by atoms with E-state index >= 15 is 0 Å². The number of hydrogen-bond donors (Lipinski definition) is 4. The minimum absolute atomic E-state index is 0.459. The molecule has 1 fully saturated rings. The highest BCUT2D eigenvalue weighted by molar-refractivity contribution is 5.51. The Bertz CT molecular complexity index is 959. The van der Waals surface area contributed by atoms with E-state index in [1.165, 1.54) is 0 Å². The monoisotopic (exact) mass is 430 g/mol. The fraction of sp³-hybridized carbons (Fsp3) is 0.478. The molecule has 0 bridgehead atoms. The van der Waals surface area contributed by atoms with Crippen LogP contribution in [0.5, 0.6) is 17.2 Å². The van der Waals surface area contributed by atoms with Crippen LogP contribution in [0, 0.1) is 0 Å². The Morgan fingerprint density at radius 1 is 0.839 bits per heavy atom. The molecule has 0 spiro atoms. The van der Waals surface area contributed by atoms with E-state index in [1.54, 1.807) is 0 Å². The Balaban J connectivity index is 1.48. The minimum atomic E-state index is -1.42. The van der Waals surface area contributed by atoms with Gasteiger partial charge in [0.25, 0.3) is 0 Å². The largest absolute Gasteiger partial charge is 0.493 e. The van der Waals surface area contributed by atoms with Crippen LogP contribution in [0.25, 0.3) is 0 Å². The summed E-state index contributed by atoms with van der Waals surface area (Å²) in [6.07, 6.45) is -4.64. The van der Waals surface area contributed by atoms with Gasteiger partial charge in [-0.05, 0) is 46.5 Å². The maximum Gasteiger partial charge on any atom is 0.161 e. The lowest BCUT2D eigenvalue weighted by atomic mass is 9.88. The SMILES string of the molecule is OCC1OC(c2cc3c(c(Cc4ccc5c(c4)OCCO5)c2)OCC3)[C@H](O)C(O)[C@@H]1O. The van der Waals surface area contributed by atoms with Gasteiger partial charge in [0.2, 0.25) is 0 Å². The predicted octanol–water partition coefficient (Wildman–Crippen LogP) is 0.498. The Morgan fingerprint density at radius 3 is 2.45 bits per heavy atom. The van der Waals surface area contributed by atoms with Crippen LogP contribution in [-0.4, -0.2) is 71.3 Å². The molecule has 5 atom stereocenters. The third-order valence-corrected chi connectivity index (χ3v) is 6.10. The molecule has 0 aliphatic carbocycles. The van der Waals surface area contributed by atoms with E-state index in [2.05, 4.69) is 0 Å². The summed E-state index contributed by atoms with van der Waals surface area (Å²) in [5, 5.41) is 40.4. The minimum Gasteiger partial charge on any atom is -0.493 e. The van der Waals surface area contributed by atoms with E-state index in [0.29, 0.717) is 37.6 Å². The van der Waals surface area contributed by atoms with Crippen LogP contribution in [0.3, 0.4) is 0 Å². The highest BCUT2D eigenvalue weighted by atomic mass is 16.6. The van der Waals surface area contributed by atoms with Gasteiger partial charge in [0.05, 0.1) is 13.2 Å². The van der Waals surface area contributed by atoms with Gasteiger partial charge in [-0.3, -0.25) is 0 Å². The molecular formula is C23H26O8. The summed E-state index contributed by atoms with van der Waals surface area (Å²) in [7, 11) is 0. The normalized spacial score (nSPS) is 29.4. The van der Waals surface area contributed by atoms with Crippen LogP contribution in [-0.2, 0) is 17.6 Å². The second-order valence-corrected chi connectivity index (χ2v) is 8.17. The lowest BCUT2D eigenvalue weighted by Gasteiger charge is -2.40. The van der Waals surface area contributed by atoms with Crippen molar-refractivity contribution < 1.29 is 39.4 Å². The molecule has 2 aromatic carbocycles. The average Bonchev–Trinajstić information content (AvgIpc) is 3.27. The van der Waals surface area contributed by atoms with Gasteiger partial charge in [-0.15, -0.1) is 0 Å². The first-order valence-corrected chi connectivity index (χ1v) is 10.5. The lowest BCUT2D eigenvalue weighted by Crippen LogP contribution is -2.55. The summed E-state index contributed by atoms with van der Waals surface area (Å²) in [5.41, 5.74) is 3.63. The fourth-order valence-corrected chi connectivity index (χ4v) is 4.51. The number of aliphatic hydroxyl groups is 4. The zero-order chi connectivity index (χ0) is 21.5. The van der Waals surface area contributed by atoms with Gasteiger partial charge in [-0.1, -0.05) is 6.07 Å². The molecule has 166 valence electrons. The standard InChI is InChI=1S/C23H26O8/c24-11-18-19(25)20(26)21(27)23(31-18)15-9-13-3-4-30-22(13)14(10-15)7-12-1-2-16-17(8-12)29-6-5-28-16/h1-2,8-10,18-21,23-27H,3-7,11H2/t18?,19-,20?,21-,23?/m1/s1. The lowest BCUT2D eigenvalue weighted by molar-refractivity contribution is -0.231. The molecule has 1 saturated heterocycles. The van der Waals surface area contributed by atoms with E-state index in [1.807, 2.05) is 30.3 Å². The van der Waals surface area contributed by atoms with Crippen molar-refractivity contribution in [2.45, 2.75) is 43.4 Å². The molecule has 0 aromatic heterocycles. The van der Waals surface area contributed by atoms with Crippen LogP contribution in [0.2, 0.25) is 0 Å². The molecule has 3 aliphatic rings. The number of hydrogen-bond acceptors (Lipinski definition) is 8. The number of fused-ring (bicyclic) bond motifs is 2. The van der Waals surface area contributed by atoms with Crippen molar-refractivity contribution in [3.63, 3.8) is 0 Å². The van der Waals surface area contributed by atoms with Gasteiger partial charge in [0.15, 0.2) is 11.5 Å². The van der Waals surface area contributed by atoms with Crippen molar-refractivity contribution in [2.75, 3.05) is 26.4 Å². The molecule has 31 heavy (non-hydrogen) atoms. The summed E-state index contributed by atoms with van der Waals surface area (Å²) < 4.78 is 22.9. The number of benzene rings is 2. The van der Waals surface area contributed by atoms with E-state index in [-0.39, 0.29) is 0 Å². The molecule has 0 radical (unpaired) electrons. The molecule has 4 N–H and O–H groups in total. The van der Waals surface area contributed by atoms with Gasteiger partial charge >= 0.3 is 0 Å². The van der Waals surface area contributed by atoms with Crippen LogP contribution in [0.4, 0.5) is 0 Å². The number of aliphatic hydroxyl groups excluding tert-OH is 4. The van der Waals surface area contributed by atoms with Gasteiger partial charge in [-0.2, -0.15) is 0 Å². The van der Waals surface area contributed by atoms with Crippen LogP contribution in [0.15, 0.2) is 30.3 Å². The summed E-state index contributed by atoms with van der Waals surface area (Å²) in [5.74, 6) is 2.26. The molecule has 3 unspecified atom stereocenters. The van der Waals surface area contributed by atoms with E-state index in [9.17, 15) is 20.4 Å². The predicted molar refractivity (Wildman–Crippen MR) is 109 cm³/mol.